The van der Waals surface area contributed by atoms with Crippen LogP contribution in [0.25, 0.3) is 0 Å². The predicted octanol–water partition coefficient (Wildman–Crippen LogP) is 1.04. The first kappa shape index (κ1) is 13.7. The van der Waals surface area contributed by atoms with Crippen LogP contribution in [0.5, 0.6) is 0 Å². The molecule has 5 nitrogen and oxygen atoms in total. The van der Waals surface area contributed by atoms with Gasteiger partial charge in [-0.1, -0.05) is 0 Å². The number of aryl methyl sites for hydroxylation is 3. The monoisotopic (exact) mass is 239 g/mol. The summed E-state index contributed by atoms with van der Waals surface area (Å²) >= 11 is 0. The summed E-state index contributed by atoms with van der Waals surface area (Å²) in [6, 6.07) is 1.76. The van der Waals surface area contributed by atoms with E-state index in [9.17, 15) is 4.79 Å². The maximum atomic E-state index is 11.6. The number of hydrogen-bond donors (Lipinski definition) is 1. The molecule has 1 unspecified atom stereocenters. The average Bonchev–Trinajstić information content (AvgIpc) is 2.59. The molecule has 1 heterocycles. The molecule has 1 aromatic rings. The fourth-order valence-electron chi connectivity index (χ4n) is 1.78. The van der Waals surface area contributed by atoms with Crippen molar-refractivity contribution >= 4 is 5.97 Å². The van der Waals surface area contributed by atoms with E-state index in [1.165, 1.54) is 0 Å². The quantitative estimate of drug-likeness (QED) is 0.754. The number of carbonyl (C=O) groups excluding carboxylic acids is 1. The lowest BCUT2D eigenvalue weighted by atomic mass is 10.2. The second kappa shape index (κ2) is 6.39. The van der Waals surface area contributed by atoms with Crippen molar-refractivity contribution in [3.8, 4) is 0 Å². The lowest BCUT2D eigenvalue weighted by molar-refractivity contribution is -0.145. The Morgan fingerprint density at radius 3 is 2.76 bits per heavy atom. The third-order valence-corrected chi connectivity index (χ3v) is 2.65. The number of likely N-dealkylation sites (N-methyl/N-ethyl adjacent to an activating group) is 1. The van der Waals surface area contributed by atoms with E-state index in [1.54, 1.807) is 7.05 Å². The van der Waals surface area contributed by atoms with Crippen LogP contribution in [-0.2, 0) is 16.1 Å². The minimum absolute atomic E-state index is 0.198. The van der Waals surface area contributed by atoms with Crippen molar-refractivity contribution in [1.82, 2.24) is 15.1 Å². The highest BCUT2D eigenvalue weighted by Gasteiger charge is 2.17. The van der Waals surface area contributed by atoms with Gasteiger partial charge in [0.15, 0.2) is 0 Å². The van der Waals surface area contributed by atoms with Gasteiger partial charge in [-0.3, -0.25) is 9.48 Å². The van der Waals surface area contributed by atoms with Crippen LogP contribution in [0, 0.1) is 13.8 Å². The van der Waals surface area contributed by atoms with E-state index in [0.29, 0.717) is 19.6 Å². The van der Waals surface area contributed by atoms with Gasteiger partial charge in [-0.25, -0.2) is 0 Å². The third-order valence-electron chi connectivity index (χ3n) is 2.65. The highest BCUT2D eigenvalue weighted by molar-refractivity contribution is 5.75. The first-order chi connectivity index (χ1) is 8.08. The number of ether oxygens (including phenoxy) is 1. The molecule has 0 aromatic carbocycles. The van der Waals surface area contributed by atoms with Crippen molar-refractivity contribution in [2.75, 3.05) is 13.7 Å². The number of nitrogens with one attached hydrogen (secondary N) is 1. The summed E-state index contributed by atoms with van der Waals surface area (Å²) in [4.78, 5) is 11.6. The normalized spacial score (nSPS) is 12.5. The summed E-state index contributed by atoms with van der Waals surface area (Å²) in [7, 11) is 1.77. The lowest BCUT2D eigenvalue weighted by Crippen LogP contribution is -2.36. The van der Waals surface area contributed by atoms with Crippen molar-refractivity contribution in [3.63, 3.8) is 0 Å². The minimum Gasteiger partial charge on any atom is -0.465 e. The highest BCUT2D eigenvalue weighted by Crippen LogP contribution is 2.05. The molecular formula is C12H21N3O2. The second-order valence-electron chi connectivity index (χ2n) is 4.03. The lowest BCUT2D eigenvalue weighted by Gasteiger charge is -2.14. The third kappa shape index (κ3) is 3.85. The molecule has 0 saturated carbocycles. The van der Waals surface area contributed by atoms with Gasteiger partial charge in [-0.05, 0) is 40.3 Å². The maximum absolute atomic E-state index is 11.6. The zero-order chi connectivity index (χ0) is 12.8. The van der Waals surface area contributed by atoms with E-state index >= 15 is 0 Å². The van der Waals surface area contributed by atoms with Crippen LogP contribution in [0.4, 0.5) is 0 Å². The Bertz CT molecular complexity index is 374. The number of aromatic nitrogens is 2. The van der Waals surface area contributed by atoms with Gasteiger partial charge in [0.1, 0.15) is 6.04 Å². The molecule has 1 rings (SSSR count). The Hall–Kier alpha value is -1.36. The maximum Gasteiger partial charge on any atom is 0.323 e. The van der Waals surface area contributed by atoms with Gasteiger partial charge in [0.2, 0.25) is 0 Å². The number of esters is 1. The van der Waals surface area contributed by atoms with Gasteiger partial charge >= 0.3 is 5.97 Å². The van der Waals surface area contributed by atoms with Crippen LogP contribution in [-0.4, -0.2) is 35.4 Å². The van der Waals surface area contributed by atoms with Gasteiger partial charge in [0.25, 0.3) is 0 Å². The molecule has 0 fully saturated rings. The topological polar surface area (TPSA) is 56.2 Å². The number of carbonyl (C=O) groups is 1. The van der Waals surface area contributed by atoms with Crippen molar-refractivity contribution in [3.05, 3.63) is 17.5 Å². The molecule has 0 amide bonds. The van der Waals surface area contributed by atoms with E-state index < -0.39 is 0 Å². The summed E-state index contributed by atoms with van der Waals surface area (Å²) in [6.45, 7) is 6.91. The predicted molar refractivity (Wildman–Crippen MR) is 65.8 cm³/mol. The Kier molecular flexibility index (Phi) is 5.15. The fraction of sp³-hybridized carbons (Fsp3) is 0.667. The molecule has 0 bridgehead atoms. The molecule has 0 saturated heterocycles. The van der Waals surface area contributed by atoms with E-state index in [2.05, 4.69) is 10.4 Å². The van der Waals surface area contributed by atoms with Gasteiger partial charge in [-0.2, -0.15) is 5.10 Å². The van der Waals surface area contributed by atoms with Crippen molar-refractivity contribution < 1.29 is 9.53 Å². The molecule has 0 spiro atoms. The van der Waals surface area contributed by atoms with Crippen molar-refractivity contribution in [1.29, 1.82) is 0 Å². The number of hydrogen-bond acceptors (Lipinski definition) is 4. The molecule has 5 heteroatoms. The zero-order valence-corrected chi connectivity index (χ0v) is 11.0. The Morgan fingerprint density at radius 2 is 2.29 bits per heavy atom. The SMILES string of the molecule is CCOC(=O)C(CCn1nc(C)cc1C)NC. The molecule has 1 aromatic heterocycles. The van der Waals surface area contributed by atoms with E-state index in [4.69, 9.17) is 4.74 Å². The van der Waals surface area contributed by atoms with Crippen LogP contribution in [0.3, 0.4) is 0 Å². The first-order valence-electron chi connectivity index (χ1n) is 5.93. The van der Waals surface area contributed by atoms with Crippen LogP contribution >= 0.6 is 0 Å². The van der Waals surface area contributed by atoms with Crippen LogP contribution in [0.2, 0.25) is 0 Å². The minimum atomic E-state index is -0.265. The molecule has 0 radical (unpaired) electrons. The summed E-state index contributed by atoms with van der Waals surface area (Å²) in [5.41, 5.74) is 2.11. The Labute approximate surface area is 102 Å². The van der Waals surface area contributed by atoms with Crippen molar-refractivity contribution in [2.24, 2.45) is 0 Å². The molecule has 0 aliphatic heterocycles. The van der Waals surface area contributed by atoms with E-state index in [1.807, 2.05) is 31.5 Å². The molecular weight excluding hydrogens is 218 g/mol. The molecule has 1 atom stereocenters. The summed E-state index contributed by atoms with van der Waals surface area (Å²) in [5.74, 6) is -0.198. The van der Waals surface area contributed by atoms with Crippen LogP contribution in [0.1, 0.15) is 24.7 Å². The molecule has 0 aliphatic carbocycles. The number of nitrogens with zero attached hydrogens (tertiary/aromatic N) is 2. The van der Waals surface area contributed by atoms with Gasteiger partial charge in [0, 0.05) is 12.2 Å². The van der Waals surface area contributed by atoms with Crippen LogP contribution in [0.15, 0.2) is 6.07 Å². The van der Waals surface area contributed by atoms with E-state index in [-0.39, 0.29) is 12.0 Å². The Morgan fingerprint density at radius 1 is 1.59 bits per heavy atom. The molecule has 96 valence electrons. The standard InChI is InChI=1S/C12H21N3O2/c1-5-17-12(16)11(13-4)6-7-15-10(3)8-9(2)14-15/h8,11,13H,5-7H2,1-4H3. The summed E-state index contributed by atoms with van der Waals surface area (Å²) < 4.78 is 6.90. The molecule has 0 aliphatic rings. The van der Waals surface area contributed by atoms with Gasteiger partial charge < -0.3 is 10.1 Å². The Balaban J connectivity index is 2.53. The molecule has 17 heavy (non-hydrogen) atoms. The molecule has 1 N–H and O–H groups in total. The van der Waals surface area contributed by atoms with Gasteiger partial charge in [-0.15, -0.1) is 0 Å². The fourth-order valence-corrected chi connectivity index (χ4v) is 1.78. The average molecular weight is 239 g/mol. The zero-order valence-electron chi connectivity index (χ0n) is 11.0. The largest absolute Gasteiger partial charge is 0.465 e. The van der Waals surface area contributed by atoms with Crippen LogP contribution < -0.4 is 5.32 Å². The van der Waals surface area contributed by atoms with Crippen molar-refractivity contribution in [2.45, 2.75) is 39.8 Å². The highest BCUT2D eigenvalue weighted by atomic mass is 16.5. The number of rotatable bonds is 6. The summed E-state index contributed by atoms with van der Waals surface area (Å²) in [5, 5.41) is 7.33. The van der Waals surface area contributed by atoms with Gasteiger partial charge in [0.05, 0.1) is 12.3 Å². The van der Waals surface area contributed by atoms with E-state index in [0.717, 1.165) is 11.4 Å². The summed E-state index contributed by atoms with van der Waals surface area (Å²) in [6.07, 6.45) is 0.678. The first-order valence-corrected chi connectivity index (χ1v) is 5.93. The second-order valence-corrected chi connectivity index (χ2v) is 4.03. The smallest absolute Gasteiger partial charge is 0.323 e.